The van der Waals surface area contributed by atoms with Crippen LogP contribution in [0.4, 0.5) is 0 Å². The third kappa shape index (κ3) is 3.73. The third-order valence-corrected chi connectivity index (χ3v) is 5.32. The lowest BCUT2D eigenvalue weighted by Crippen LogP contribution is -2.58. The van der Waals surface area contributed by atoms with Crippen LogP contribution in [-0.4, -0.2) is 63.3 Å². The fraction of sp³-hybridized carbons (Fsp3) is 0.318. The van der Waals surface area contributed by atoms with E-state index >= 15 is 0 Å². The lowest BCUT2D eigenvalue weighted by atomic mass is 10.00. The first-order valence-electron chi connectivity index (χ1n) is 9.74. The number of rotatable bonds is 4. The molecule has 0 bridgehead atoms. The molecule has 0 spiro atoms. The molecule has 0 amide bonds. The first-order valence-corrected chi connectivity index (χ1v) is 9.74. The van der Waals surface area contributed by atoms with Gasteiger partial charge in [-0.15, -0.1) is 0 Å². The molecule has 10 nitrogen and oxygen atoms in total. The first-order chi connectivity index (χ1) is 15.2. The zero-order chi connectivity index (χ0) is 23.2. The molecule has 3 aromatic rings. The highest BCUT2D eigenvalue weighted by atomic mass is 16.7. The second kappa shape index (κ2) is 8.32. The number of phenolic OH excluding ortho intramolecular Hbond substituents is 2. The van der Waals surface area contributed by atoms with Crippen LogP contribution in [0.15, 0.2) is 45.6 Å². The van der Waals surface area contributed by atoms with Gasteiger partial charge < -0.3 is 44.2 Å². The normalized spacial score (nSPS) is 25.6. The van der Waals surface area contributed by atoms with Crippen molar-refractivity contribution in [2.75, 3.05) is 7.11 Å². The summed E-state index contributed by atoms with van der Waals surface area (Å²) in [6.45, 7) is 1.49. The first kappa shape index (κ1) is 21.9. The molecule has 0 saturated carbocycles. The number of benzene rings is 2. The minimum atomic E-state index is -1.60. The average Bonchev–Trinajstić information content (AvgIpc) is 2.76. The average molecular weight is 446 g/mol. The van der Waals surface area contributed by atoms with Crippen molar-refractivity contribution in [3.8, 4) is 34.3 Å². The van der Waals surface area contributed by atoms with Crippen molar-refractivity contribution < 1.29 is 44.2 Å². The van der Waals surface area contributed by atoms with Crippen LogP contribution in [0.2, 0.25) is 0 Å². The van der Waals surface area contributed by atoms with E-state index in [0.29, 0.717) is 5.56 Å². The van der Waals surface area contributed by atoms with Crippen LogP contribution in [0.5, 0.6) is 23.0 Å². The zero-order valence-corrected chi connectivity index (χ0v) is 17.1. The van der Waals surface area contributed by atoms with E-state index in [-0.39, 0.29) is 34.0 Å². The van der Waals surface area contributed by atoms with Crippen LogP contribution in [0.1, 0.15) is 6.92 Å². The van der Waals surface area contributed by atoms with Crippen molar-refractivity contribution in [3.05, 3.63) is 46.6 Å². The molecule has 1 aliphatic rings. The number of ether oxygens (including phenoxy) is 3. The van der Waals surface area contributed by atoms with E-state index in [2.05, 4.69) is 0 Å². The predicted molar refractivity (Wildman–Crippen MR) is 111 cm³/mol. The third-order valence-electron chi connectivity index (χ3n) is 5.32. The fourth-order valence-corrected chi connectivity index (χ4v) is 3.55. The van der Waals surface area contributed by atoms with E-state index in [0.717, 1.165) is 0 Å². The Morgan fingerprint density at radius 3 is 2.31 bits per heavy atom. The van der Waals surface area contributed by atoms with Crippen molar-refractivity contribution in [3.63, 3.8) is 0 Å². The van der Waals surface area contributed by atoms with Crippen LogP contribution >= 0.6 is 0 Å². The van der Waals surface area contributed by atoms with Crippen molar-refractivity contribution in [1.82, 2.24) is 0 Å². The van der Waals surface area contributed by atoms with Crippen molar-refractivity contribution >= 4 is 11.0 Å². The molecule has 0 aliphatic carbocycles. The summed E-state index contributed by atoms with van der Waals surface area (Å²) < 4.78 is 22.1. The molecular weight excluding hydrogens is 424 g/mol. The molecule has 1 aromatic heterocycles. The number of methoxy groups -OCH3 is 1. The SMILES string of the molecule is COc1c(O[C@H]2O[C@@H](C)[C@H](O)[C@@H](O)[C@H]2O)cc2oc(-c3ccc(O)cc3)cc(=O)c2c1O. The van der Waals surface area contributed by atoms with Gasteiger partial charge in [-0.2, -0.15) is 0 Å². The second-order valence-corrected chi connectivity index (χ2v) is 7.45. The number of fused-ring (bicyclic) bond motifs is 1. The number of aliphatic hydroxyl groups is 3. The Labute approximate surface area is 181 Å². The van der Waals surface area contributed by atoms with Crippen molar-refractivity contribution in [2.24, 2.45) is 0 Å². The number of phenols is 2. The van der Waals surface area contributed by atoms with Crippen LogP contribution in [-0.2, 0) is 4.74 Å². The number of hydrogen-bond acceptors (Lipinski definition) is 10. The summed E-state index contributed by atoms with van der Waals surface area (Å²) in [5.74, 6) is -0.638. The molecule has 2 heterocycles. The standard InChI is InChI=1S/C22H22O10/c1-9-17(25)19(27)20(28)22(30-9)32-15-8-14-16(18(26)21(15)29-2)12(24)7-13(31-14)10-3-5-11(23)6-4-10/h3-9,17,19-20,22-23,25-28H,1-2H3/t9-,17-,19+,20+,22+/m0/s1. The highest BCUT2D eigenvalue weighted by Gasteiger charge is 2.43. The van der Waals surface area contributed by atoms with Crippen molar-refractivity contribution in [1.29, 1.82) is 0 Å². The summed E-state index contributed by atoms with van der Waals surface area (Å²) >= 11 is 0. The van der Waals surface area contributed by atoms with E-state index in [1.165, 1.54) is 38.3 Å². The Kier molecular flexibility index (Phi) is 5.70. The summed E-state index contributed by atoms with van der Waals surface area (Å²) in [5, 5.41) is 50.1. The second-order valence-electron chi connectivity index (χ2n) is 7.45. The summed E-state index contributed by atoms with van der Waals surface area (Å²) in [6, 6.07) is 8.46. The topological polar surface area (TPSA) is 159 Å². The molecule has 32 heavy (non-hydrogen) atoms. The Morgan fingerprint density at radius 2 is 1.66 bits per heavy atom. The predicted octanol–water partition coefficient (Wildman–Crippen LogP) is 1.09. The lowest BCUT2D eigenvalue weighted by molar-refractivity contribution is -0.268. The highest BCUT2D eigenvalue weighted by molar-refractivity contribution is 5.89. The van der Waals surface area contributed by atoms with Gasteiger partial charge in [0.25, 0.3) is 0 Å². The van der Waals surface area contributed by atoms with Gasteiger partial charge in [0.05, 0.1) is 13.2 Å². The van der Waals surface area contributed by atoms with Crippen molar-refractivity contribution in [2.45, 2.75) is 37.6 Å². The van der Waals surface area contributed by atoms with Crippen LogP contribution in [0.3, 0.4) is 0 Å². The minimum absolute atomic E-state index is 0.0344. The maximum atomic E-state index is 12.7. The van der Waals surface area contributed by atoms with Gasteiger partial charge in [-0.25, -0.2) is 0 Å². The lowest BCUT2D eigenvalue weighted by Gasteiger charge is -2.39. The Morgan fingerprint density at radius 1 is 0.969 bits per heavy atom. The van der Waals surface area contributed by atoms with E-state index in [1.807, 2.05) is 0 Å². The molecule has 2 aromatic carbocycles. The summed E-state index contributed by atoms with van der Waals surface area (Å²) in [6.07, 6.45) is -6.69. The number of aromatic hydroxyl groups is 2. The van der Waals surface area contributed by atoms with E-state index in [9.17, 15) is 30.3 Å². The van der Waals surface area contributed by atoms with E-state index < -0.39 is 41.9 Å². The van der Waals surface area contributed by atoms with E-state index in [4.69, 9.17) is 18.6 Å². The van der Waals surface area contributed by atoms with Gasteiger partial charge in [0, 0.05) is 17.7 Å². The van der Waals surface area contributed by atoms with Crippen LogP contribution < -0.4 is 14.9 Å². The zero-order valence-electron chi connectivity index (χ0n) is 17.1. The van der Waals surface area contributed by atoms with Gasteiger partial charge >= 0.3 is 0 Å². The fourth-order valence-electron chi connectivity index (χ4n) is 3.55. The van der Waals surface area contributed by atoms with E-state index in [1.54, 1.807) is 12.1 Å². The molecule has 0 radical (unpaired) electrons. The van der Waals surface area contributed by atoms with Gasteiger partial charge in [-0.05, 0) is 31.2 Å². The van der Waals surface area contributed by atoms with Gasteiger partial charge in [0.15, 0.2) is 16.9 Å². The van der Waals surface area contributed by atoms with Crippen LogP contribution in [0, 0.1) is 0 Å². The van der Waals surface area contributed by atoms with Gasteiger partial charge in [0.2, 0.25) is 12.0 Å². The minimum Gasteiger partial charge on any atom is -0.508 e. The van der Waals surface area contributed by atoms with Gasteiger partial charge in [-0.3, -0.25) is 4.79 Å². The summed E-state index contributed by atoms with van der Waals surface area (Å²) in [7, 11) is 1.25. The Hall–Kier alpha value is -3.31. The number of aliphatic hydroxyl groups excluding tert-OH is 3. The molecule has 5 atom stereocenters. The highest BCUT2D eigenvalue weighted by Crippen LogP contribution is 2.43. The molecule has 10 heteroatoms. The molecule has 170 valence electrons. The molecule has 5 N–H and O–H groups in total. The van der Waals surface area contributed by atoms with Gasteiger partial charge in [0.1, 0.15) is 40.8 Å². The monoisotopic (exact) mass is 446 g/mol. The molecule has 1 fully saturated rings. The van der Waals surface area contributed by atoms with Crippen LogP contribution in [0.25, 0.3) is 22.3 Å². The maximum absolute atomic E-state index is 12.7. The molecular formula is C22H22O10. The van der Waals surface area contributed by atoms with Gasteiger partial charge in [-0.1, -0.05) is 0 Å². The molecule has 4 rings (SSSR count). The Bertz CT molecular complexity index is 1190. The smallest absolute Gasteiger partial charge is 0.229 e. The number of hydrogen-bond donors (Lipinski definition) is 5. The largest absolute Gasteiger partial charge is 0.508 e. The molecule has 0 unspecified atom stereocenters. The maximum Gasteiger partial charge on any atom is 0.229 e. The molecule has 1 saturated heterocycles. The Balaban J connectivity index is 1.80. The summed E-state index contributed by atoms with van der Waals surface area (Å²) in [5.41, 5.74) is -0.0675. The summed E-state index contributed by atoms with van der Waals surface area (Å²) in [4.78, 5) is 12.7. The quantitative estimate of drug-likeness (QED) is 0.393. The molecule has 1 aliphatic heterocycles.